The van der Waals surface area contributed by atoms with Crippen LogP contribution >= 0.6 is 11.6 Å². The topological polar surface area (TPSA) is 86.8 Å². The second-order valence-corrected chi connectivity index (χ2v) is 12.4. The van der Waals surface area contributed by atoms with E-state index in [-0.39, 0.29) is 29.5 Å². The Kier molecular flexibility index (Phi) is 10.0. The molecule has 0 aliphatic carbocycles. The number of rotatable bonds is 11. The highest BCUT2D eigenvalue weighted by molar-refractivity contribution is 7.92. The molecule has 2 amide bonds. The molecule has 9 heteroatoms. The Labute approximate surface area is 252 Å². The summed E-state index contributed by atoms with van der Waals surface area (Å²) in [5.74, 6) is -0.869. The number of likely N-dealkylation sites (N-methyl/N-ethyl adjacent to an activating group) is 1. The first kappa shape index (κ1) is 30.8. The summed E-state index contributed by atoms with van der Waals surface area (Å²) in [5, 5.41) is 3.12. The maximum absolute atomic E-state index is 14.3. The summed E-state index contributed by atoms with van der Waals surface area (Å²) in [6.07, 6.45) is 0.254. The Balaban J connectivity index is 1.78. The summed E-state index contributed by atoms with van der Waals surface area (Å²) >= 11 is 6.11. The van der Waals surface area contributed by atoms with E-state index in [1.807, 2.05) is 68.4 Å². The van der Waals surface area contributed by atoms with Gasteiger partial charge in [-0.2, -0.15) is 0 Å². The van der Waals surface area contributed by atoms with Gasteiger partial charge in [0, 0.05) is 25.0 Å². The molecule has 0 radical (unpaired) electrons. The minimum absolute atomic E-state index is 0.0493. The lowest BCUT2D eigenvalue weighted by atomic mass is 10.0. The van der Waals surface area contributed by atoms with Crippen LogP contribution in [0.2, 0.25) is 5.02 Å². The van der Waals surface area contributed by atoms with Gasteiger partial charge in [-0.05, 0) is 61.4 Å². The Hall–Kier alpha value is -4.14. The highest BCUT2D eigenvalue weighted by Gasteiger charge is 2.34. The number of aryl methyl sites for hydroxylation is 2. The van der Waals surface area contributed by atoms with Crippen LogP contribution in [0.25, 0.3) is 0 Å². The molecule has 4 aromatic rings. The molecule has 0 saturated heterocycles. The van der Waals surface area contributed by atoms with Crippen LogP contribution in [-0.2, 0) is 32.6 Å². The van der Waals surface area contributed by atoms with Crippen molar-refractivity contribution in [2.24, 2.45) is 0 Å². The molecule has 7 nitrogen and oxygen atoms in total. The van der Waals surface area contributed by atoms with E-state index in [4.69, 9.17) is 11.6 Å². The predicted octanol–water partition coefficient (Wildman–Crippen LogP) is 5.54. The SMILES string of the molecule is CNC(=O)C(Cc1ccccc1)N(Cc1cccc(C)c1)C(=O)CN(c1ccc(Cl)cc1)S(=O)(=O)c1ccc(C)cc1. The second kappa shape index (κ2) is 13.7. The number of halogens is 1. The maximum Gasteiger partial charge on any atom is 0.264 e. The molecule has 1 atom stereocenters. The quantitative estimate of drug-likeness (QED) is 0.244. The van der Waals surface area contributed by atoms with Crippen molar-refractivity contribution in [2.45, 2.75) is 37.8 Å². The summed E-state index contributed by atoms with van der Waals surface area (Å²) < 4.78 is 29.0. The molecule has 0 saturated carbocycles. The summed E-state index contributed by atoms with van der Waals surface area (Å²) in [6, 6.07) is 28.9. The van der Waals surface area contributed by atoms with Gasteiger partial charge in [0.05, 0.1) is 10.6 Å². The van der Waals surface area contributed by atoms with Crippen molar-refractivity contribution in [1.29, 1.82) is 0 Å². The molecular formula is C33H34ClN3O4S. The first-order valence-corrected chi connectivity index (χ1v) is 15.4. The Morgan fingerprint density at radius 2 is 1.45 bits per heavy atom. The summed E-state index contributed by atoms with van der Waals surface area (Å²) in [6.45, 7) is 3.41. The largest absolute Gasteiger partial charge is 0.357 e. The van der Waals surface area contributed by atoms with Crippen LogP contribution in [0, 0.1) is 13.8 Å². The number of nitrogens with zero attached hydrogens (tertiary/aromatic N) is 2. The minimum atomic E-state index is -4.16. The number of nitrogens with one attached hydrogen (secondary N) is 1. The first-order valence-electron chi connectivity index (χ1n) is 13.5. The third-order valence-corrected chi connectivity index (χ3v) is 9.00. The smallest absolute Gasteiger partial charge is 0.264 e. The maximum atomic E-state index is 14.3. The third-order valence-electron chi connectivity index (χ3n) is 6.96. The van der Waals surface area contributed by atoms with Crippen molar-refractivity contribution in [3.05, 3.63) is 130 Å². The zero-order valence-electron chi connectivity index (χ0n) is 23.8. The lowest BCUT2D eigenvalue weighted by molar-refractivity contribution is -0.139. The number of amides is 2. The molecule has 0 aromatic heterocycles. The van der Waals surface area contributed by atoms with Crippen molar-refractivity contribution in [3.8, 4) is 0 Å². The fourth-order valence-electron chi connectivity index (χ4n) is 4.70. The molecule has 4 rings (SSSR count). The molecule has 0 aliphatic rings. The number of carbonyl (C=O) groups is 2. The molecule has 4 aromatic carbocycles. The summed E-state index contributed by atoms with van der Waals surface area (Å²) in [4.78, 5) is 29.1. The van der Waals surface area contributed by atoms with Crippen molar-refractivity contribution in [1.82, 2.24) is 10.2 Å². The van der Waals surface area contributed by atoms with Crippen molar-refractivity contribution < 1.29 is 18.0 Å². The molecule has 0 heterocycles. The number of benzene rings is 4. The average Bonchev–Trinajstić information content (AvgIpc) is 2.98. The van der Waals surface area contributed by atoms with Crippen LogP contribution in [0.4, 0.5) is 5.69 Å². The van der Waals surface area contributed by atoms with Gasteiger partial charge in [-0.3, -0.25) is 13.9 Å². The molecule has 218 valence electrons. The summed E-state index contributed by atoms with van der Waals surface area (Å²) in [7, 11) is -2.63. The van der Waals surface area contributed by atoms with E-state index >= 15 is 0 Å². The first-order chi connectivity index (χ1) is 20.1. The van der Waals surface area contributed by atoms with E-state index in [2.05, 4.69) is 5.32 Å². The van der Waals surface area contributed by atoms with Crippen LogP contribution in [0.5, 0.6) is 0 Å². The number of hydrogen-bond donors (Lipinski definition) is 1. The molecule has 0 fully saturated rings. The van der Waals surface area contributed by atoms with E-state index < -0.39 is 28.5 Å². The van der Waals surface area contributed by atoms with Gasteiger partial charge in [-0.15, -0.1) is 0 Å². The third kappa shape index (κ3) is 7.57. The molecule has 1 N–H and O–H groups in total. The van der Waals surface area contributed by atoms with Gasteiger partial charge >= 0.3 is 0 Å². The van der Waals surface area contributed by atoms with Crippen molar-refractivity contribution in [3.63, 3.8) is 0 Å². The van der Waals surface area contributed by atoms with E-state index in [0.29, 0.717) is 5.02 Å². The molecule has 0 aliphatic heterocycles. The Morgan fingerprint density at radius 3 is 2.07 bits per heavy atom. The second-order valence-electron chi connectivity index (χ2n) is 10.1. The highest BCUT2D eigenvalue weighted by atomic mass is 35.5. The van der Waals surface area contributed by atoms with E-state index in [1.165, 1.54) is 24.1 Å². The standard InChI is InChI=1S/C33H34ClN3O4S/c1-24-12-18-30(19-13-24)42(40,41)37(29-16-14-28(34)15-17-29)23-32(38)36(22-27-11-7-8-25(2)20-27)31(33(39)35-3)21-26-9-5-4-6-10-26/h4-20,31H,21-23H2,1-3H3,(H,35,39). The van der Waals surface area contributed by atoms with Crippen LogP contribution in [-0.4, -0.2) is 44.8 Å². The predicted molar refractivity (Wildman–Crippen MR) is 167 cm³/mol. The van der Waals surface area contributed by atoms with Crippen molar-refractivity contribution in [2.75, 3.05) is 17.9 Å². The molecule has 0 spiro atoms. The summed E-state index contributed by atoms with van der Waals surface area (Å²) in [5.41, 5.74) is 3.88. The zero-order valence-corrected chi connectivity index (χ0v) is 25.4. The lowest BCUT2D eigenvalue weighted by Crippen LogP contribution is -2.53. The number of carbonyl (C=O) groups excluding carboxylic acids is 2. The minimum Gasteiger partial charge on any atom is -0.357 e. The normalized spacial score (nSPS) is 11.9. The Bertz CT molecular complexity index is 1630. The van der Waals surface area contributed by atoms with Crippen molar-refractivity contribution >= 4 is 39.1 Å². The van der Waals surface area contributed by atoms with E-state index in [0.717, 1.165) is 26.6 Å². The fraction of sp³-hybridized carbons (Fsp3) is 0.212. The highest BCUT2D eigenvalue weighted by Crippen LogP contribution is 2.26. The van der Waals surface area contributed by atoms with E-state index in [1.54, 1.807) is 36.4 Å². The zero-order chi connectivity index (χ0) is 30.3. The van der Waals surface area contributed by atoms with Gasteiger partial charge in [0.25, 0.3) is 10.0 Å². The molecule has 0 bridgehead atoms. The lowest BCUT2D eigenvalue weighted by Gasteiger charge is -2.33. The van der Waals surface area contributed by atoms with Crippen LogP contribution in [0.15, 0.2) is 108 Å². The fourth-order valence-corrected chi connectivity index (χ4v) is 6.24. The van der Waals surface area contributed by atoms with E-state index in [9.17, 15) is 18.0 Å². The number of anilines is 1. The van der Waals surface area contributed by atoms with Crippen LogP contribution in [0.1, 0.15) is 22.3 Å². The van der Waals surface area contributed by atoms with Crippen LogP contribution in [0.3, 0.4) is 0 Å². The average molecular weight is 604 g/mol. The number of hydrogen-bond acceptors (Lipinski definition) is 4. The monoisotopic (exact) mass is 603 g/mol. The van der Waals surface area contributed by atoms with Gasteiger partial charge in [-0.25, -0.2) is 8.42 Å². The van der Waals surface area contributed by atoms with Gasteiger partial charge < -0.3 is 10.2 Å². The number of sulfonamides is 1. The van der Waals surface area contributed by atoms with Gasteiger partial charge in [0.15, 0.2) is 0 Å². The Morgan fingerprint density at radius 1 is 0.810 bits per heavy atom. The molecule has 42 heavy (non-hydrogen) atoms. The van der Waals surface area contributed by atoms with Crippen LogP contribution < -0.4 is 9.62 Å². The van der Waals surface area contributed by atoms with Gasteiger partial charge in [-0.1, -0.05) is 89.5 Å². The van der Waals surface area contributed by atoms with Gasteiger partial charge in [0.2, 0.25) is 11.8 Å². The van der Waals surface area contributed by atoms with Gasteiger partial charge in [0.1, 0.15) is 12.6 Å². The molecular weight excluding hydrogens is 570 g/mol. The molecule has 1 unspecified atom stereocenters.